The van der Waals surface area contributed by atoms with Gasteiger partial charge in [-0.3, -0.25) is 19.4 Å². The van der Waals surface area contributed by atoms with Gasteiger partial charge in [0, 0.05) is 24.7 Å². The predicted octanol–water partition coefficient (Wildman–Crippen LogP) is 4.70. The highest BCUT2D eigenvalue weighted by atomic mass is 32.1. The molecule has 180 valence electrons. The number of amides is 1. The minimum atomic E-state index is -0.109. The van der Waals surface area contributed by atoms with Gasteiger partial charge in [-0.2, -0.15) is 5.10 Å². The summed E-state index contributed by atoms with van der Waals surface area (Å²) in [6.45, 7) is 1.47. The number of aromatic nitrogens is 3. The van der Waals surface area contributed by atoms with Crippen LogP contribution in [0.5, 0.6) is 5.75 Å². The number of ether oxygens (including phenoxy) is 1. The van der Waals surface area contributed by atoms with E-state index in [1.54, 1.807) is 11.7 Å². The van der Waals surface area contributed by atoms with Gasteiger partial charge in [0.25, 0.3) is 0 Å². The number of hydrogen-bond donors (Lipinski definition) is 2. The summed E-state index contributed by atoms with van der Waals surface area (Å²) in [6, 6.07) is 16.5. The predicted molar refractivity (Wildman–Crippen MR) is 136 cm³/mol. The fraction of sp³-hybridized carbons (Fsp3) is 0.423. The largest absolute Gasteiger partial charge is 0.497 e. The number of methoxy groups -OCH3 is 1. The summed E-state index contributed by atoms with van der Waals surface area (Å²) in [7, 11) is 3.84. The van der Waals surface area contributed by atoms with Gasteiger partial charge in [0.15, 0.2) is 10.6 Å². The molecule has 3 aromatic rings. The number of hydrogen-bond acceptors (Lipinski definition) is 5. The molecule has 1 aromatic heterocycles. The van der Waals surface area contributed by atoms with Crippen LogP contribution in [0.3, 0.4) is 0 Å². The summed E-state index contributed by atoms with van der Waals surface area (Å²) < 4.78 is 7.35. The molecule has 2 N–H and O–H groups in total. The molecular weight excluding hydrogens is 446 g/mol. The third-order valence-corrected chi connectivity index (χ3v) is 6.93. The molecule has 34 heavy (non-hydrogen) atoms. The van der Waals surface area contributed by atoms with E-state index in [9.17, 15) is 4.79 Å². The maximum absolute atomic E-state index is 12.9. The molecule has 7 nitrogen and oxygen atoms in total. The number of benzene rings is 2. The van der Waals surface area contributed by atoms with Crippen molar-refractivity contribution in [2.45, 2.75) is 57.8 Å². The maximum atomic E-state index is 12.9. The Morgan fingerprint density at radius 1 is 1.15 bits per heavy atom. The van der Waals surface area contributed by atoms with Crippen molar-refractivity contribution in [2.75, 3.05) is 14.2 Å². The molecule has 0 atom stereocenters. The highest BCUT2D eigenvalue weighted by molar-refractivity contribution is 7.71. The Balaban J connectivity index is 1.39. The monoisotopic (exact) mass is 479 g/mol. The lowest BCUT2D eigenvalue weighted by Gasteiger charge is -2.31. The molecule has 0 spiro atoms. The van der Waals surface area contributed by atoms with Gasteiger partial charge in [0.05, 0.1) is 7.11 Å². The second kappa shape index (κ2) is 11.4. The second-order valence-electron chi connectivity index (χ2n) is 8.92. The highest BCUT2D eigenvalue weighted by Crippen LogP contribution is 2.24. The minimum Gasteiger partial charge on any atom is -0.497 e. The van der Waals surface area contributed by atoms with Crippen LogP contribution in [-0.2, 0) is 24.4 Å². The van der Waals surface area contributed by atoms with Gasteiger partial charge in [-0.15, -0.1) is 0 Å². The minimum absolute atomic E-state index is 0.0981. The molecule has 2 aromatic carbocycles. The van der Waals surface area contributed by atoms with Crippen LogP contribution in [-0.4, -0.2) is 45.8 Å². The molecule has 0 bridgehead atoms. The molecule has 0 aliphatic heterocycles. The van der Waals surface area contributed by atoms with E-state index in [1.807, 2.05) is 30.3 Å². The van der Waals surface area contributed by atoms with E-state index in [1.165, 1.54) is 37.7 Å². The van der Waals surface area contributed by atoms with Crippen LogP contribution in [0.1, 0.15) is 43.2 Å². The average Bonchev–Trinajstić information content (AvgIpc) is 3.23. The van der Waals surface area contributed by atoms with Crippen molar-refractivity contribution in [3.63, 3.8) is 0 Å². The zero-order valence-electron chi connectivity index (χ0n) is 19.9. The Hall–Kier alpha value is -2.97. The fourth-order valence-electron chi connectivity index (χ4n) is 4.62. The lowest BCUT2D eigenvalue weighted by molar-refractivity contribution is -0.121. The van der Waals surface area contributed by atoms with Crippen molar-refractivity contribution < 1.29 is 9.53 Å². The van der Waals surface area contributed by atoms with Crippen molar-refractivity contribution in [3.05, 3.63) is 64.4 Å². The van der Waals surface area contributed by atoms with Crippen molar-refractivity contribution >= 4 is 18.1 Å². The third kappa shape index (κ3) is 5.93. The highest BCUT2D eigenvalue weighted by Gasteiger charge is 2.19. The first-order chi connectivity index (χ1) is 16.5. The summed E-state index contributed by atoms with van der Waals surface area (Å²) in [6.07, 6.45) is 6.55. The van der Waals surface area contributed by atoms with Gasteiger partial charge < -0.3 is 10.1 Å². The molecule has 4 rings (SSSR count). The molecule has 1 saturated carbocycles. The van der Waals surface area contributed by atoms with Crippen LogP contribution < -0.4 is 10.1 Å². The molecule has 8 heteroatoms. The molecule has 1 aliphatic rings. The first kappa shape index (κ1) is 24.2. The van der Waals surface area contributed by atoms with Gasteiger partial charge in [-0.25, -0.2) is 0 Å². The van der Waals surface area contributed by atoms with Crippen molar-refractivity contribution in [1.82, 2.24) is 25.0 Å². The van der Waals surface area contributed by atoms with Gasteiger partial charge in [-0.05, 0) is 67.5 Å². The van der Waals surface area contributed by atoms with Crippen LogP contribution in [0.4, 0.5) is 0 Å². The zero-order chi connectivity index (χ0) is 23.9. The zero-order valence-corrected chi connectivity index (χ0v) is 20.7. The lowest BCUT2D eigenvalue weighted by Crippen LogP contribution is -2.33. The second-order valence-corrected chi connectivity index (χ2v) is 9.31. The average molecular weight is 480 g/mol. The van der Waals surface area contributed by atoms with E-state index in [-0.39, 0.29) is 12.5 Å². The van der Waals surface area contributed by atoms with Gasteiger partial charge >= 0.3 is 0 Å². The van der Waals surface area contributed by atoms with E-state index in [0.717, 1.165) is 23.4 Å². The molecular formula is C26H33N5O2S. The fourth-order valence-corrected chi connectivity index (χ4v) is 4.82. The van der Waals surface area contributed by atoms with Crippen molar-refractivity contribution in [3.8, 4) is 17.1 Å². The number of nitrogens with zero attached hydrogens (tertiary/aromatic N) is 3. The first-order valence-corrected chi connectivity index (χ1v) is 12.3. The van der Waals surface area contributed by atoms with E-state index >= 15 is 0 Å². The van der Waals surface area contributed by atoms with Crippen LogP contribution >= 0.6 is 12.2 Å². The number of carbonyl (C=O) groups excluding carboxylic acids is 1. The van der Waals surface area contributed by atoms with Gasteiger partial charge in [0.2, 0.25) is 5.91 Å². The smallest absolute Gasteiger partial charge is 0.240 e. The SMILES string of the molecule is COc1ccc(-c2n[nH]c(=S)n2CC(=O)NCc2ccccc2CN(C)C2CCCCC2)cc1. The molecule has 0 saturated heterocycles. The summed E-state index contributed by atoms with van der Waals surface area (Å²) >= 11 is 5.38. The third-order valence-electron chi connectivity index (χ3n) is 6.62. The normalized spacial score (nSPS) is 14.3. The van der Waals surface area contributed by atoms with E-state index in [4.69, 9.17) is 17.0 Å². The number of nitrogens with one attached hydrogen (secondary N) is 2. The summed E-state index contributed by atoms with van der Waals surface area (Å²) in [5.74, 6) is 1.27. The van der Waals surface area contributed by atoms with Gasteiger partial charge in [0.1, 0.15) is 12.3 Å². The topological polar surface area (TPSA) is 75.2 Å². The number of carbonyl (C=O) groups is 1. The van der Waals surface area contributed by atoms with Crippen molar-refractivity contribution in [1.29, 1.82) is 0 Å². The Kier molecular flexibility index (Phi) is 8.13. The Labute approximate surface area is 206 Å². The molecule has 1 amide bonds. The number of rotatable bonds is 9. The lowest BCUT2D eigenvalue weighted by atomic mass is 9.94. The van der Waals surface area contributed by atoms with Crippen molar-refractivity contribution in [2.24, 2.45) is 0 Å². The Bertz CT molecular complexity index is 1150. The molecule has 1 fully saturated rings. The molecule has 1 heterocycles. The summed E-state index contributed by atoms with van der Waals surface area (Å²) in [5, 5.41) is 10.2. The Morgan fingerprint density at radius 3 is 2.56 bits per heavy atom. The molecule has 1 aliphatic carbocycles. The maximum Gasteiger partial charge on any atom is 0.240 e. The van der Waals surface area contributed by atoms with Crippen LogP contribution in [0.25, 0.3) is 11.4 Å². The number of H-pyrrole nitrogens is 1. The molecule has 0 radical (unpaired) electrons. The van der Waals surface area contributed by atoms with E-state index in [0.29, 0.717) is 23.2 Å². The summed E-state index contributed by atoms with van der Waals surface area (Å²) in [4.78, 5) is 15.3. The van der Waals surface area contributed by atoms with Crippen LogP contribution in [0, 0.1) is 4.77 Å². The quantitative estimate of drug-likeness (QED) is 0.435. The van der Waals surface area contributed by atoms with Crippen LogP contribution in [0.2, 0.25) is 0 Å². The van der Waals surface area contributed by atoms with E-state index < -0.39 is 0 Å². The Morgan fingerprint density at radius 2 is 1.85 bits per heavy atom. The molecule has 0 unspecified atom stereocenters. The van der Waals surface area contributed by atoms with E-state index in [2.05, 4.69) is 45.7 Å². The van der Waals surface area contributed by atoms with Gasteiger partial charge in [-0.1, -0.05) is 43.5 Å². The van der Waals surface area contributed by atoms with Crippen LogP contribution in [0.15, 0.2) is 48.5 Å². The first-order valence-electron chi connectivity index (χ1n) is 11.9. The standard InChI is InChI=1S/C26H33N5O2S/c1-30(22-10-4-3-5-11-22)17-21-9-7-6-8-20(21)16-27-24(32)18-31-25(28-29-26(31)34)19-12-14-23(33-2)15-13-19/h6-9,12-15,22H,3-5,10-11,16-18H2,1-2H3,(H,27,32)(H,29,34). The number of aromatic amines is 1. The summed E-state index contributed by atoms with van der Waals surface area (Å²) in [5.41, 5.74) is 3.26.